The SMILES string of the molecule is CCCC[C@H]1C(=O)N(C)CCN1C(=O)c1cccc(OC(F)F)c1. The molecular weight excluding hydrogens is 318 g/mol. The predicted molar refractivity (Wildman–Crippen MR) is 85.1 cm³/mol. The van der Waals surface area contributed by atoms with E-state index >= 15 is 0 Å². The first-order valence-electron chi connectivity index (χ1n) is 8.04. The molecule has 1 aromatic carbocycles. The van der Waals surface area contributed by atoms with Crippen molar-refractivity contribution in [3.05, 3.63) is 29.8 Å². The molecule has 0 radical (unpaired) electrons. The second kappa shape index (κ2) is 8.08. The normalized spacial score (nSPS) is 18.2. The predicted octanol–water partition coefficient (Wildman–Crippen LogP) is 2.76. The summed E-state index contributed by atoms with van der Waals surface area (Å²) in [6.07, 6.45) is 2.36. The maximum atomic E-state index is 12.8. The van der Waals surface area contributed by atoms with Gasteiger partial charge in [0, 0.05) is 25.7 Å². The van der Waals surface area contributed by atoms with Gasteiger partial charge in [-0.1, -0.05) is 25.8 Å². The summed E-state index contributed by atoms with van der Waals surface area (Å²) in [6, 6.07) is 5.18. The Hall–Kier alpha value is -2.18. The molecule has 0 aliphatic carbocycles. The van der Waals surface area contributed by atoms with Crippen molar-refractivity contribution < 1.29 is 23.1 Å². The maximum Gasteiger partial charge on any atom is 0.387 e. The molecule has 0 bridgehead atoms. The second-order valence-electron chi connectivity index (χ2n) is 5.82. The molecular formula is C17H22F2N2O3. The number of unbranched alkanes of at least 4 members (excludes halogenated alkanes) is 1. The van der Waals surface area contributed by atoms with Crippen LogP contribution in [-0.2, 0) is 4.79 Å². The third kappa shape index (κ3) is 4.21. The van der Waals surface area contributed by atoms with Crippen LogP contribution >= 0.6 is 0 Å². The highest BCUT2D eigenvalue weighted by Crippen LogP contribution is 2.22. The van der Waals surface area contributed by atoms with Crippen LogP contribution in [0.15, 0.2) is 24.3 Å². The Morgan fingerprint density at radius 3 is 2.79 bits per heavy atom. The number of halogens is 2. The molecule has 0 unspecified atom stereocenters. The summed E-state index contributed by atoms with van der Waals surface area (Å²) in [6.45, 7) is -0.0395. The van der Waals surface area contributed by atoms with Gasteiger partial charge in [-0.3, -0.25) is 9.59 Å². The van der Waals surface area contributed by atoms with E-state index < -0.39 is 12.7 Å². The Morgan fingerprint density at radius 2 is 2.12 bits per heavy atom. The minimum atomic E-state index is -2.95. The quantitative estimate of drug-likeness (QED) is 0.800. The second-order valence-corrected chi connectivity index (χ2v) is 5.82. The lowest BCUT2D eigenvalue weighted by Gasteiger charge is -2.39. The number of hydrogen-bond acceptors (Lipinski definition) is 3. The van der Waals surface area contributed by atoms with Crippen molar-refractivity contribution in [2.24, 2.45) is 0 Å². The minimum Gasteiger partial charge on any atom is -0.435 e. The average molecular weight is 340 g/mol. The van der Waals surface area contributed by atoms with Gasteiger partial charge in [-0.15, -0.1) is 0 Å². The molecule has 1 fully saturated rings. The van der Waals surface area contributed by atoms with E-state index in [9.17, 15) is 18.4 Å². The third-order valence-corrected chi connectivity index (χ3v) is 4.11. The van der Waals surface area contributed by atoms with Gasteiger partial charge in [-0.05, 0) is 24.6 Å². The van der Waals surface area contributed by atoms with Gasteiger partial charge in [0.25, 0.3) is 5.91 Å². The zero-order valence-electron chi connectivity index (χ0n) is 13.9. The first-order valence-corrected chi connectivity index (χ1v) is 8.04. The van der Waals surface area contributed by atoms with Crippen LogP contribution in [0.3, 0.4) is 0 Å². The van der Waals surface area contributed by atoms with Crippen molar-refractivity contribution in [3.8, 4) is 5.75 Å². The number of alkyl halides is 2. The Labute approximate surface area is 140 Å². The number of ether oxygens (including phenoxy) is 1. The zero-order valence-corrected chi connectivity index (χ0v) is 13.9. The van der Waals surface area contributed by atoms with Crippen LogP contribution in [-0.4, -0.2) is 54.4 Å². The summed E-state index contributed by atoms with van der Waals surface area (Å²) in [5, 5.41) is 0. The highest BCUT2D eigenvalue weighted by Gasteiger charge is 2.35. The van der Waals surface area contributed by atoms with E-state index in [0.717, 1.165) is 12.8 Å². The summed E-state index contributed by atoms with van der Waals surface area (Å²) >= 11 is 0. The summed E-state index contributed by atoms with van der Waals surface area (Å²) in [4.78, 5) is 28.3. The first kappa shape index (κ1) is 18.2. The molecule has 0 spiro atoms. The number of hydrogen-bond donors (Lipinski definition) is 0. The average Bonchev–Trinajstić information content (AvgIpc) is 2.55. The van der Waals surface area contributed by atoms with E-state index in [0.29, 0.717) is 19.5 Å². The van der Waals surface area contributed by atoms with Gasteiger partial charge < -0.3 is 14.5 Å². The lowest BCUT2D eigenvalue weighted by atomic mass is 10.0. The van der Waals surface area contributed by atoms with E-state index in [1.165, 1.54) is 18.2 Å². The molecule has 1 saturated heterocycles. The summed E-state index contributed by atoms with van der Waals surface area (Å²) in [7, 11) is 1.72. The van der Waals surface area contributed by atoms with E-state index in [4.69, 9.17) is 0 Å². The highest BCUT2D eigenvalue weighted by molar-refractivity contribution is 5.98. The number of amides is 2. The highest BCUT2D eigenvalue weighted by atomic mass is 19.3. The van der Waals surface area contributed by atoms with E-state index in [1.54, 1.807) is 22.9 Å². The van der Waals surface area contributed by atoms with Gasteiger partial charge in [0.2, 0.25) is 5.91 Å². The monoisotopic (exact) mass is 340 g/mol. The first-order chi connectivity index (χ1) is 11.4. The number of benzene rings is 1. The fourth-order valence-corrected chi connectivity index (χ4v) is 2.80. The fraction of sp³-hybridized carbons (Fsp3) is 0.529. The molecule has 7 heteroatoms. The minimum absolute atomic E-state index is 0.0681. The van der Waals surface area contributed by atoms with Crippen molar-refractivity contribution in [2.75, 3.05) is 20.1 Å². The van der Waals surface area contributed by atoms with Gasteiger partial charge in [-0.25, -0.2) is 0 Å². The van der Waals surface area contributed by atoms with Crippen LogP contribution in [0.4, 0.5) is 8.78 Å². The lowest BCUT2D eigenvalue weighted by Crippen LogP contribution is -2.57. The van der Waals surface area contributed by atoms with Crippen LogP contribution < -0.4 is 4.74 Å². The van der Waals surface area contributed by atoms with Crippen LogP contribution in [0.1, 0.15) is 36.5 Å². The molecule has 1 atom stereocenters. The molecule has 0 aromatic heterocycles. The van der Waals surface area contributed by atoms with E-state index in [1.807, 2.05) is 6.92 Å². The Balaban J connectivity index is 2.21. The number of likely N-dealkylation sites (N-methyl/N-ethyl adjacent to an activating group) is 1. The molecule has 1 aliphatic heterocycles. The number of piperazine rings is 1. The van der Waals surface area contributed by atoms with Gasteiger partial charge in [0.15, 0.2) is 0 Å². The lowest BCUT2D eigenvalue weighted by molar-refractivity contribution is -0.138. The van der Waals surface area contributed by atoms with Gasteiger partial charge >= 0.3 is 6.61 Å². The summed E-state index contributed by atoms with van der Waals surface area (Å²) in [5.41, 5.74) is 0.243. The zero-order chi connectivity index (χ0) is 17.7. The molecule has 24 heavy (non-hydrogen) atoms. The number of carbonyl (C=O) groups excluding carboxylic acids is 2. The van der Waals surface area contributed by atoms with Gasteiger partial charge in [0.1, 0.15) is 11.8 Å². The number of rotatable bonds is 6. The third-order valence-electron chi connectivity index (χ3n) is 4.11. The molecule has 5 nitrogen and oxygen atoms in total. The van der Waals surface area contributed by atoms with Gasteiger partial charge in [-0.2, -0.15) is 8.78 Å². The van der Waals surface area contributed by atoms with Crippen LogP contribution in [0, 0.1) is 0 Å². The Bertz CT molecular complexity index is 595. The maximum absolute atomic E-state index is 12.8. The van der Waals surface area contributed by atoms with Gasteiger partial charge in [0.05, 0.1) is 0 Å². The van der Waals surface area contributed by atoms with Crippen molar-refractivity contribution in [1.29, 1.82) is 0 Å². The standard InChI is InChI=1S/C17H22F2N2O3/c1-3-4-8-14-16(23)20(2)9-10-21(14)15(22)12-6-5-7-13(11-12)24-17(18)19/h5-7,11,14,17H,3-4,8-10H2,1-2H3/t14-/m0/s1. The molecule has 0 saturated carbocycles. The topological polar surface area (TPSA) is 49.9 Å². The van der Waals surface area contributed by atoms with Crippen molar-refractivity contribution >= 4 is 11.8 Å². The molecule has 132 valence electrons. The largest absolute Gasteiger partial charge is 0.435 e. The molecule has 1 aromatic rings. The molecule has 0 N–H and O–H groups in total. The van der Waals surface area contributed by atoms with E-state index in [2.05, 4.69) is 4.74 Å². The number of nitrogens with zero attached hydrogens (tertiary/aromatic N) is 2. The van der Waals surface area contributed by atoms with Crippen LogP contribution in [0.2, 0.25) is 0 Å². The summed E-state index contributed by atoms with van der Waals surface area (Å²) in [5.74, 6) is -0.485. The molecule has 2 amide bonds. The van der Waals surface area contributed by atoms with Crippen molar-refractivity contribution in [2.45, 2.75) is 38.8 Å². The molecule has 2 rings (SSSR count). The molecule has 1 heterocycles. The van der Waals surface area contributed by atoms with Crippen LogP contribution in [0.25, 0.3) is 0 Å². The van der Waals surface area contributed by atoms with Crippen molar-refractivity contribution in [1.82, 2.24) is 9.80 Å². The van der Waals surface area contributed by atoms with Crippen LogP contribution in [0.5, 0.6) is 5.75 Å². The van der Waals surface area contributed by atoms with Crippen molar-refractivity contribution in [3.63, 3.8) is 0 Å². The Morgan fingerprint density at radius 1 is 1.38 bits per heavy atom. The smallest absolute Gasteiger partial charge is 0.387 e. The fourth-order valence-electron chi connectivity index (χ4n) is 2.80. The summed E-state index contributed by atoms with van der Waals surface area (Å²) < 4.78 is 29.0. The number of carbonyl (C=O) groups is 2. The molecule has 1 aliphatic rings. The van der Waals surface area contributed by atoms with E-state index in [-0.39, 0.29) is 23.1 Å². The Kier molecular flexibility index (Phi) is 6.11.